The van der Waals surface area contributed by atoms with Crippen molar-refractivity contribution < 1.29 is 26.4 Å². The number of sulfonamides is 1. The van der Waals surface area contributed by atoms with E-state index in [9.17, 15) is 26.4 Å². The number of nitrogens with zero attached hydrogens (tertiary/aromatic N) is 4. The molecule has 10 nitrogen and oxygen atoms in total. The van der Waals surface area contributed by atoms with Crippen LogP contribution in [-0.4, -0.2) is 42.6 Å². The zero-order valence-electron chi connectivity index (χ0n) is 18.5. The van der Waals surface area contributed by atoms with E-state index >= 15 is 0 Å². The van der Waals surface area contributed by atoms with E-state index in [4.69, 9.17) is 0 Å². The molecule has 3 heterocycles. The Labute approximate surface area is 198 Å². The number of hydrogen-bond donors (Lipinski definition) is 3. The number of alkyl halides is 3. The minimum Gasteiger partial charge on any atom is -0.365 e. The lowest BCUT2D eigenvalue weighted by Gasteiger charge is -2.21. The minimum atomic E-state index is -4.74. The van der Waals surface area contributed by atoms with Gasteiger partial charge in [0, 0.05) is 54.7 Å². The molecule has 0 saturated carbocycles. The second-order valence-electron chi connectivity index (χ2n) is 7.72. The van der Waals surface area contributed by atoms with E-state index in [1.165, 1.54) is 25.5 Å². The van der Waals surface area contributed by atoms with Gasteiger partial charge in [-0.15, -0.1) is 0 Å². The summed E-state index contributed by atoms with van der Waals surface area (Å²) in [4.78, 5) is 23.5. The van der Waals surface area contributed by atoms with Crippen molar-refractivity contribution in [2.45, 2.75) is 19.1 Å². The zero-order valence-corrected chi connectivity index (χ0v) is 19.3. The molecule has 14 heteroatoms. The predicted octanol–water partition coefficient (Wildman–Crippen LogP) is 3.14. The molecule has 4 rings (SSSR count). The van der Waals surface area contributed by atoms with Gasteiger partial charge in [0.1, 0.15) is 11.4 Å². The fourth-order valence-electron chi connectivity index (χ4n) is 3.49. The first-order valence-electron chi connectivity index (χ1n) is 10.2. The third-order valence-electron chi connectivity index (χ3n) is 5.29. The van der Waals surface area contributed by atoms with Crippen LogP contribution in [0.2, 0.25) is 0 Å². The number of aromatic nitrogens is 3. The first kappa shape index (κ1) is 24.2. The highest BCUT2D eigenvalue weighted by molar-refractivity contribution is 7.92. The van der Waals surface area contributed by atoms with Crippen molar-refractivity contribution in [2.75, 3.05) is 33.6 Å². The van der Waals surface area contributed by atoms with Gasteiger partial charge in [0.15, 0.2) is 0 Å². The van der Waals surface area contributed by atoms with Crippen molar-refractivity contribution in [1.29, 1.82) is 0 Å². The summed E-state index contributed by atoms with van der Waals surface area (Å²) in [5.41, 5.74) is 1.24. The first-order chi connectivity index (χ1) is 16.4. The Morgan fingerprint density at radius 3 is 2.69 bits per heavy atom. The molecule has 0 fully saturated rings. The average molecular weight is 507 g/mol. The van der Waals surface area contributed by atoms with Gasteiger partial charge in [-0.05, 0) is 18.2 Å². The normalized spacial score (nSPS) is 13.2. The van der Waals surface area contributed by atoms with Gasteiger partial charge >= 0.3 is 6.18 Å². The van der Waals surface area contributed by atoms with E-state index in [-0.39, 0.29) is 30.5 Å². The third kappa shape index (κ3) is 5.26. The Bertz CT molecular complexity index is 1400. The summed E-state index contributed by atoms with van der Waals surface area (Å²) >= 11 is 0. The van der Waals surface area contributed by atoms with Gasteiger partial charge in [0.2, 0.25) is 21.9 Å². The van der Waals surface area contributed by atoms with Crippen LogP contribution in [0.3, 0.4) is 0 Å². The minimum absolute atomic E-state index is 0.113. The quantitative estimate of drug-likeness (QED) is 0.445. The topological polar surface area (TPSA) is 129 Å². The Morgan fingerprint density at radius 1 is 1.20 bits per heavy atom. The van der Waals surface area contributed by atoms with Crippen molar-refractivity contribution in [3.63, 3.8) is 0 Å². The molecule has 0 unspecified atom stereocenters. The van der Waals surface area contributed by atoms with Crippen molar-refractivity contribution in [2.24, 2.45) is 0 Å². The molecule has 1 amide bonds. The fraction of sp³-hybridized carbons (Fsp3) is 0.238. The van der Waals surface area contributed by atoms with Crippen molar-refractivity contribution in [3.8, 4) is 0 Å². The van der Waals surface area contributed by atoms with Crippen LogP contribution in [0.15, 0.2) is 42.9 Å². The molecule has 3 N–H and O–H groups in total. The molecule has 35 heavy (non-hydrogen) atoms. The molecule has 0 spiro atoms. The average Bonchev–Trinajstić information content (AvgIpc) is 3.17. The molecule has 0 aliphatic carbocycles. The summed E-state index contributed by atoms with van der Waals surface area (Å²) in [5.74, 6) is -0.821. The maximum absolute atomic E-state index is 13.6. The summed E-state index contributed by atoms with van der Waals surface area (Å²) in [6.07, 6.45) is -0.231. The monoisotopic (exact) mass is 507 g/mol. The summed E-state index contributed by atoms with van der Waals surface area (Å²) in [7, 11) is -2.28. The molecule has 184 valence electrons. The van der Waals surface area contributed by atoms with Gasteiger partial charge in [0.05, 0.1) is 18.4 Å². The van der Waals surface area contributed by atoms with Crippen LogP contribution < -0.4 is 20.3 Å². The second kappa shape index (κ2) is 9.02. The molecule has 1 aliphatic heterocycles. The Kier molecular flexibility index (Phi) is 6.23. The molecule has 0 bridgehead atoms. The molecular weight excluding hydrogens is 487 g/mol. The number of anilines is 5. The van der Waals surface area contributed by atoms with Gasteiger partial charge in [-0.1, -0.05) is 6.07 Å². The first-order valence-corrected chi connectivity index (χ1v) is 12.0. The number of carbonyl (C=O) groups is 1. The standard InChI is InChI=1S/C21H20F3N7O3S/c1-31(35(2,33)34)17-6-7-25-9-12(17)10-26-19-14(21(22,23)24)11-27-20(30-19)29-16-5-3-4-15-13(16)8-18(32)28-15/h3-7,9,11H,8,10H2,1-2H3,(H,28,32)(H2,26,27,29,30). The van der Waals surface area contributed by atoms with Crippen LogP contribution in [0.4, 0.5) is 42.0 Å². The van der Waals surface area contributed by atoms with Crippen LogP contribution in [-0.2, 0) is 34.0 Å². The van der Waals surface area contributed by atoms with Gasteiger partial charge in [-0.2, -0.15) is 18.2 Å². The molecule has 3 aromatic rings. The highest BCUT2D eigenvalue weighted by Crippen LogP contribution is 2.36. The maximum atomic E-state index is 13.6. The SMILES string of the molecule is CN(c1ccncc1CNc1nc(Nc2cccc3c2CC(=O)N3)ncc1C(F)(F)F)S(C)(=O)=O. The lowest BCUT2D eigenvalue weighted by molar-refractivity contribution is -0.137. The molecule has 1 aliphatic rings. The molecule has 0 saturated heterocycles. The van der Waals surface area contributed by atoms with E-state index in [0.29, 0.717) is 28.7 Å². The summed E-state index contributed by atoms with van der Waals surface area (Å²) in [6.45, 7) is -0.193. The van der Waals surface area contributed by atoms with Gasteiger partial charge in [0.25, 0.3) is 0 Å². The van der Waals surface area contributed by atoms with E-state index in [0.717, 1.165) is 10.6 Å². The molecule has 1 aromatic carbocycles. The Morgan fingerprint density at radius 2 is 1.97 bits per heavy atom. The number of fused-ring (bicyclic) bond motifs is 1. The van der Waals surface area contributed by atoms with E-state index in [1.807, 2.05) is 0 Å². The maximum Gasteiger partial charge on any atom is 0.421 e. The van der Waals surface area contributed by atoms with Crippen molar-refractivity contribution in [1.82, 2.24) is 15.0 Å². The van der Waals surface area contributed by atoms with Gasteiger partial charge < -0.3 is 16.0 Å². The highest BCUT2D eigenvalue weighted by atomic mass is 32.2. The number of halogens is 3. The van der Waals surface area contributed by atoms with E-state index in [2.05, 4.69) is 30.9 Å². The number of nitrogens with one attached hydrogen (secondary N) is 3. The molecule has 0 radical (unpaired) electrons. The number of carbonyl (C=O) groups excluding carboxylic acids is 1. The number of pyridine rings is 1. The summed E-state index contributed by atoms with van der Waals surface area (Å²) in [6, 6.07) is 6.50. The lowest BCUT2D eigenvalue weighted by Crippen LogP contribution is -2.26. The zero-order chi connectivity index (χ0) is 25.4. The van der Waals surface area contributed by atoms with E-state index < -0.39 is 27.6 Å². The number of amides is 1. The Hall–Kier alpha value is -3.94. The van der Waals surface area contributed by atoms with Crippen LogP contribution >= 0.6 is 0 Å². The lowest BCUT2D eigenvalue weighted by atomic mass is 10.1. The summed E-state index contributed by atoms with van der Waals surface area (Å²) in [5, 5.41) is 8.19. The number of rotatable bonds is 7. The van der Waals surface area contributed by atoms with Gasteiger partial charge in [-0.3, -0.25) is 14.1 Å². The van der Waals surface area contributed by atoms with Crippen LogP contribution in [0.5, 0.6) is 0 Å². The third-order valence-corrected chi connectivity index (χ3v) is 6.48. The number of benzene rings is 1. The fourth-order valence-corrected chi connectivity index (χ4v) is 4.03. The smallest absolute Gasteiger partial charge is 0.365 e. The van der Waals surface area contributed by atoms with Crippen molar-refractivity contribution in [3.05, 3.63) is 59.5 Å². The van der Waals surface area contributed by atoms with Crippen LogP contribution in [0.25, 0.3) is 0 Å². The van der Waals surface area contributed by atoms with E-state index in [1.54, 1.807) is 18.2 Å². The molecule has 2 aromatic heterocycles. The molecule has 0 atom stereocenters. The largest absolute Gasteiger partial charge is 0.421 e. The second-order valence-corrected chi connectivity index (χ2v) is 9.74. The summed E-state index contributed by atoms with van der Waals surface area (Å²) < 4.78 is 65.8. The predicted molar refractivity (Wildman–Crippen MR) is 124 cm³/mol. The van der Waals surface area contributed by atoms with Crippen LogP contribution in [0.1, 0.15) is 16.7 Å². The Balaban J connectivity index is 1.64. The number of hydrogen-bond acceptors (Lipinski definition) is 8. The van der Waals surface area contributed by atoms with Gasteiger partial charge in [-0.25, -0.2) is 13.4 Å². The highest BCUT2D eigenvalue weighted by Gasteiger charge is 2.35. The van der Waals surface area contributed by atoms with Crippen LogP contribution in [0, 0.1) is 0 Å². The molecular formula is C21H20F3N7O3S. The van der Waals surface area contributed by atoms with Crippen molar-refractivity contribution >= 4 is 44.8 Å².